The standard InChI is InChI=1S/C12H13FN4O2/c1-17-8-15-16-11(17)6-14-12(18)7-19-10-4-2-3-9(13)5-10/h2-5,8H,6-7H2,1H3,(H,14,18). The summed E-state index contributed by atoms with van der Waals surface area (Å²) in [4.78, 5) is 11.5. The van der Waals surface area contributed by atoms with Crippen molar-refractivity contribution in [3.63, 3.8) is 0 Å². The molecule has 0 aliphatic carbocycles. The molecule has 0 saturated carbocycles. The lowest BCUT2D eigenvalue weighted by atomic mass is 10.3. The SMILES string of the molecule is Cn1cnnc1CNC(=O)COc1cccc(F)c1. The monoisotopic (exact) mass is 264 g/mol. The van der Waals surface area contributed by atoms with Crippen molar-refractivity contribution in [2.75, 3.05) is 6.61 Å². The summed E-state index contributed by atoms with van der Waals surface area (Å²) in [5.41, 5.74) is 0. The summed E-state index contributed by atoms with van der Waals surface area (Å²) in [6, 6.07) is 5.62. The molecule has 2 rings (SSSR count). The molecule has 1 aromatic carbocycles. The minimum absolute atomic E-state index is 0.179. The van der Waals surface area contributed by atoms with Crippen LogP contribution in [0.15, 0.2) is 30.6 Å². The number of hydrogen-bond donors (Lipinski definition) is 1. The Hall–Kier alpha value is -2.44. The van der Waals surface area contributed by atoms with Crippen molar-refractivity contribution in [2.24, 2.45) is 7.05 Å². The van der Waals surface area contributed by atoms with Crippen LogP contribution in [0, 0.1) is 5.82 Å². The first-order valence-electron chi connectivity index (χ1n) is 5.63. The highest BCUT2D eigenvalue weighted by Crippen LogP contribution is 2.11. The summed E-state index contributed by atoms with van der Waals surface area (Å²) < 4.78 is 19.7. The van der Waals surface area contributed by atoms with Crippen LogP contribution in [0.2, 0.25) is 0 Å². The van der Waals surface area contributed by atoms with Crippen molar-refractivity contribution in [1.29, 1.82) is 0 Å². The summed E-state index contributed by atoms with van der Waals surface area (Å²) >= 11 is 0. The van der Waals surface area contributed by atoms with Gasteiger partial charge in [0.05, 0.1) is 6.54 Å². The zero-order valence-corrected chi connectivity index (χ0v) is 10.3. The lowest BCUT2D eigenvalue weighted by Crippen LogP contribution is -2.29. The smallest absolute Gasteiger partial charge is 0.258 e. The van der Waals surface area contributed by atoms with Gasteiger partial charge < -0.3 is 14.6 Å². The molecule has 1 N–H and O–H groups in total. The summed E-state index contributed by atoms with van der Waals surface area (Å²) in [5.74, 6) is 0.233. The number of rotatable bonds is 5. The van der Waals surface area contributed by atoms with E-state index in [-0.39, 0.29) is 19.1 Å². The molecular formula is C12H13FN4O2. The van der Waals surface area contributed by atoms with Crippen LogP contribution < -0.4 is 10.1 Å². The summed E-state index contributed by atoms with van der Waals surface area (Å²) in [6.07, 6.45) is 1.55. The zero-order valence-electron chi connectivity index (χ0n) is 10.3. The van der Waals surface area contributed by atoms with E-state index in [0.717, 1.165) is 0 Å². The molecular weight excluding hydrogens is 251 g/mol. The first-order chi connectivity index (χ1) is 9.15. The third-order valence-electron chi connectivity index (χ3n) is 2.41. The average Bonchev–Trinajstić information content (AvgIpc) is 2.80. The van der Waals surface area contributed by atoms with E-state index in [1.807, 2.05) is 0 Å². The first kappa shape index (κ1) is 13.0. The van der Waals surface area contributed by atoms with Crippen LogP contribution in [0.3, 0.4) is 0 Å². The highest BCUT2D eigenvalue weighted by atomic mass is 19.1. The van der Waals surface area contributed by atoms with Gasteiger partial charge in [-0.3, -0.25) is 4.79 Å². The van der Waals surface area contributed by atoms with Gasteiger partial charge in [0.1, 0.15) is 17.9 Å². The second-order valence-electron chi connectivity index (χ2n) is 3.88. The third kappa shape index (κ3) is 3.77. The molecule has 0 spiro atoms. The van der Waals surface area contributed by atoms with Crippen molar-refractivity contribution >= 4 is 5.91 Å². The number of amides is 1. The van der Waals surface area contributed by atoms with E-state index >= 15 is 0 Å². The molecule has 0 unspecified atom stereocenters. The van der Waals surface area contributed by atoms with Gasteiger partial charge >= 0.3 is 0 Å². The molecule has 0 bridgehead atoms. The zero-order chi connectivity index (χ0) is 13.7. The maximum absolute atomic E-state index is 12.9. The van der Waals surface area contributed by atoms with Crippen molar-refractivity contribution in [3.05, 3.63) is 42.2 Å². The molecule has 1 amide bonds. The molecule has 0 fully saturated rings. The summed E-state index contributed by atoms with van der Waals surface area (Å²) in [5, 5.41) is 10.1. The van der Waals surface area contributed by atoms with E-state index in [1.165, 1.54) is 18.2 Å². The van der Waals surface area contributed by atoms with Crippen LogP contribution in [-0.2, 0) is 18.4 Å². The Labute approximate surface area is 109 Å². The fourth-order valence-corrected chi connectivity index (χ4v) is 1.40. The fraction of sp³-hybridized carbons (Fsp3) is 0.250. The minimum atomic E-state index is -0.406. The number of nitrogens with one attached hydrogen (secondary N) is 1. The Balaban J connectivity index is 1.77. The topological polar surface area (TPSA) is 69.0 Å². The number of benzene rings is 1. The van der Waals surface area contributed by atoms with Gasteiger partial charge in [0.2, 0.25) is 0 Å². The van der Waals surface area contributed by atoms with Crippen molar-refractivity contribution < 1.29 is 13.9 Å². The highest BCUT2D eigenvalue weighted by molar-refractivity contribution is 5.77. The summed E-state index contributed by atoms with van der Waals surface area (Å²) in [7, 11) is 1.78. The maximum Gasteiger partial charge on any atom is 0.258 e. The molecule has 7 heteroatoms. The lowest BCUT2D eigenvalue weighted by molar-refractivity contribution is -0.123. The minimum Gasteiger partial charge on any atom is -0.484 e. The van der Waals surface area contributed by atoms with Gasteiger partial charge in [0.15, 0.2) is 12.4 Å². The fourth-order valence-electron chi connectivity index (χ4n) is 1.40. The first-order valence-corrected chi connectivity index (χ1v) is 5.63. The molecule has 0 radical (unpaired) electrons. The van der Waals surface area contributed by atoms with Gasteiger partial charge in [0, 0.05) is 13.1 Å². The van der Waals surface area contributed by atoms with Crippen LogP contribution in [-0.4, -0.2) is 27.3 Å². The predicted molar refractivity (Wildman–Crippen MR) is 64.7 cm³/mol. The quantitative estimate of drug-likeness (QED) is 0.861. The number of carbonyl (C=O) groups is 1. The lowest BCUT2D eigenvalue weighted by Gasteiger charge is -2.07. The van der Waals surface area contributed by atoms with E-state index in [0.29, 0.717) is 11.6 Å². The molecule has 6 nitrogen and oxygen atoms in total. The summed E-state index contributed by atoms with van der Waals surface area (Å²) in [6.45, 7) is 0.0865. The van der Waals surface area contributed by atoms with E-state index in [2.05, 4.69) is 15.5 Å². The number of ether oxygens (including phenoxy) is 1. The van der Waals surface area contributed by atoms with Crippen LogP contribution >= 0.6 is 0 Å². The number of halogens is 1. The third-order valence-corrected chi connectivity index (χ3v) is 2.41. The largest absolute Gasteiger partial charge is 0.484 e. The van der Waals surface area contributed by atoms with Gasteiger partial charge in [-0.2, -0.15) is 0 Å². The van der Waals surface area contributed by atoms with Gasteiger partial charge in [-0.05, 0) is 12.1 Å². The van der Waals surface area contributed by atoms with Crippen LogP contribution in [0.5, 0.6) is 5.75 Å². The van der Waals surface area contributed by atoms with Crippen molar-refractivity contribution in [2.45, 2.75) is 6.54 Å². The van der Waals surface area contributed by atoms with Gasteiger partial charge in [-0.1, -0.05) is 6.07 Å². The van der Waals surface area contributed by atoms with E-state index in [1.54, 1.807) is 24.0 Å². The number of aromatic nitrogens is 3. The molecule has 1 aromatic heterocycles. The van der Waals surface area contributed by atoms with Gasteiger partial charge in [-0.15, -0.1) is 10.2 Å². The Morgan fingerprint density at radius 1 is 1.53 bits per heavy atom. The Morgan fingerprint density at radius 3 is 3.05 bits per heavy atom. The van der Waals surface area contributed by atoms with Crippen LogP contribution in [0.25, 0.3) is 0 Å². The molecule has 0 saturated heterocycles. The number of aryl methyl sites for hydroxylation is 1. The normalized spacial score (nSPS) is 10.2. The second kappa shape index (κ2) is 5.94. The van der Waals surface area contributed by atoms with Crippen LogP contribution in [0.4, 0.5) is 4.39 Å². The van der Waals surface area contributed by atoms with E-state index in [4.69, 9.17) is 4.74 Å². The Morgan fingerprint density at radius 2 is 2.37 bits per heavy atom. The van der Waals surface area contributed by atoms with E-state index < -0.39 is 5.82 Å². The van der Waals surface area contributed by atoms with Gasteiger partial charge in [-0.25, -0.2) is 4.39 Å². The molecule has 100 valence electrons. The van der Waals surface area contributed by atoms with Gasteiger partial charge in [0.25, 0.3) is 5.91 Å². The predicted octanol–water partition coefficient (Wildman–Crippen LogP) is 0.649. The molecule has 2 aromatic rings. The number of nitrogens with zero attached hydrogens (tertiary/aromatic N) is 3. The highest BCUT2D eigenvalue weighted by Gasteiger charge is 2.06. The molecule has 0 atom stereocenters. The Kier molecular flexibility index (Phi) is 4.07. The Bertz CT molecular complexity index is 570. The molecule has 19 heavy (non-hydrogen) atoms. The van der Waals surface area contributed by atoms with Crippen LogP contribution in [0.1, 0.15) is 5.82 Å². The molecule has 1 heterocycles. The molecule has 0 aliphatic heterocycles. The van der Waals surface area contributed by atoms with E-state index in [9.17, 15) is 9.18 Å². The molecule has 0 aliphatic rings. The maximum atomic E-state index is 12.9. The average molecular weight is 264 g/mol. The van der Waals surface area contributed by atoms with Crippen molar-refractivity contribution in [3.8, 4) is 5.75 Å². The number of carbonyl (C=O) groups excluding carboxylic acids is 1. The second-order valence-corrected chi connectivity index (χ2v) is 3.88. The van der Waals surface area contributed by atoms with Crippen molar-refractivity contribution in [1.82, 2.24) is 20.1 Å². The number of hydrogen-bond acceptors (Lipinski definition) is 4.